The van der Waals surface area contributed by atoms with Crippen LogP contribution in [-0.2, 0) is 19.6 Å². The molecule has 8 nitrogen and oxygen atoms in total. The summed E-state index contributed by atoms with van der Waals surface area (Å²) >= 11 is 0. The first kappa shape index (κ1) is 21.6. The van der Waals surface area contributed by atoms with Crippen LogP contribution < -0.4 is 15.2 Å². The van der Waals surface area contributed by atoms with E-state index in [2.05, 4.69) is 4.72 Å². The Morgan fingerprint density at radius 3 is 2.40 bits per heavy atom. The molecule has 0 spiro atoms. The Morgan fingerprint density at radius 1 is 1.13 bits per heavy atom. The molecule has 0 aliphatic carbocycles. The summed E-state index contributed by atoms with van der Waals surface area (Å²) in [5.74, 6) is -0.254. The van der Waals surface area contributed by atoms with Gasteiger partial charge in [-0.15, -0.1) is 0 Å². The number of benzene rings is 2. The van der Waals surface area contributed by atoms with E-state index in [0.717, 1.165) is 0 Å². The van der Waals surface area contributed by atoms with E-state index >= 15 is 0 Å². The van der Waals surface area contributed by atoms with E-state index in [1.54, 1.807) is 48.2 Å². The number of amides is 2. The standard InChI is InChI=1S/C21H25N3O5S/c1-15-13-18(30(27,28)23-17-5-3-2-4-6-17)7-8-19(15)29-14-20(25)24-11-9-16(10-12-24)21(22)26/h2-8,13,16,23H,9-12,14H2,1H3,(H2,22,26). The maximum atomic E-state index is 12.6. The number of aryl methyl sites for hydroxylation is 1. The van der Waals surface area contributed by atoms with Crippen molar-refractivity contribution in [3.8, 4) is 5.75 Å². The minimum Gasteiger partial charge on any atom is -0.483 e. The highest BCUT2D eigenvalue weighted by molar-refractivity contribution is 7.92. The lowest BCUT2D eigenvalue weighted by Crippen LogP contribution is -2.43. The van der Waals surface area contributed by atoms with E-state index < -0.39 is 10.0 Å². The molecular formula is C21H25N3O5S. The molecule has 0 saturated carbocycles. The van der Waals surface area contributed by atoms with Crippen molar-refractivity contribution in [2.24, 2.45) is 11.7 Å². The molecule has 160 valence electrons. The van der Waals surface area contributed by atoms with Gasteiger partial charge in [-0.25, -0.2) is 8.42 Å². The van der Waals surface area contributed by atoms with Crippen molar-refractivity contribution in [1.82, 2.24) is 4.90 Å². The van der Waals surface area contributed by atoms with Crippen LogP contribution in [0, 0.1) is 12.8 Å². The molecule has 3 rings (SSSR count). The lowest BCUT2D eigenvalue weighted by atomic mass is 9.96. The van der Waals surface area contributed by atoms with Gasteiger partial charge in [-0.1, -0.05) is 18.2 Å². The van der Waals surface area contributed by atoms with Crippen LogP contribution in [0.2, 0.25) is 0 Å². The third-order valence-corrected chi connectivity index (χ3v) is 6.46. The number of nitrogens with one attached hydrogen (secondary N) is 1. The molecule has 0 radical (unpaired) electrons. The third kappa shape index (κ3) is 5.29. The van der Waals surface area contributed by atoms with Gasteiger partial charge in [-0.05, 0) is 55.7 Å². The number of carbonyl (C=O) groups is 2. The minimum atomic E-state index is -3.73. The molecule has 0 aromatic heterocycles. The number of likely N-dealkylation sites (tertiary alicyclic amines) is 1. The molecule has 2 amide bonds. The summed E-state index contributed by atoms with van der Waals surface area (Å²) in [6.45, 7) is 2.50. The quantitative estimate of drug-likeness (QED) is 0.694. The number of nitrogens with two attached hydrogens (primary N) is 1. The van der Waals surface area contributed by atoms with Gasteiger partial charge < -0.3 is 15.4 Å². The molecule has 0 unspecified atom stereocenters. The zero-order chi connectivity index (χ0) is 21.7. The molecule has 30 heavy (non-hydrogen) atoms. The molecule has 9 heteroatoms. The molecule has 3 N–H and O–H groups in total. The molecular weight excluding hydrogens is 406 g/mol. The number of nitrogens with zero attached hydrogens (tertiary/aromatic N) is 1. The summed E-state index contributed by atoms with van der Waals surface area (Å²) in [6.07, 6.45) is 1.11. The second-order valence-corrected chi connectivity index (χ2v) is 8.93. The highest BCUT2D eigenvalue weighted by Gasteiger charge is 2.26. The molecule has 1 saturated heterocycles. The first-order valence-corrected chi connectivity index (χ1v) is 11.1. The number of hydrogen-bond donors (Lipinski definition) is 2. The normalized spacial score (nSPS) is 14.9. The van der Waals surface area contributed by atoms with Gasteiger partial charge in [-0.2, -0.15) is 0 Å². The third-order valence-electron chi connectivity index (χ3n) is 5.08. The SMILES string of the molecule is Cc1cc(S(=O)(=O)Nc2ccccc2)ccc1OCC(=O)N1CCC(C(N)=O)CC1. The molecule has 1 aliphatic heterocycles. The number of primary amides is 1. The number of ether oxygens (including phenoxy) is 1. The lowest BCUT2D eigenvalue weighted by Gasteiger charge is -2.30. The zero-order valence-corrected chi connectivity index (χ0v) is 17.5. The summed E-state index contributed by atoms with van der Waals surface area (Å²) in [5.41, 5.74) is 6.39. The maximum Gasteiger partial charge on any atom is 0.261 e. The largest absolute Gasteiger partial charge is 0.483 e. The molecule has 2 aromatic carbocycles. The van der Waals surface area contributed by atoms with Crippen LogP contribution in [0.4, 0.5) is 5.69 Å². The second kappa shape index (κ2) is 9.17. The summed E-state index contributed by atoms with van der Waals surface area (Å²) in [6, 6.07) is 13.1. The maximum absolute atomic E-state index is 12.6. The van der Waals surface area contributed by atoms with E-state index in [1.165, 1.54) is 12.1 Å². The number of para-hydroxylation sites is 1. The van der Waals surface area contributed by atoms with Crippen LogP contribution >= 0.6 is 0 Å². The Bertz CT molecular complexity index is 1020. The van der Waals surface area contributed by atoms with Crippen LogP contribution in [0.3, 0.4) is 0 Å². The molecule has 2 aromatic rings. The van der Waals surface area contributed by atoms with Crippen molar-refractivity contribution in [1.29, 1.82) is 0 Å². The molecule has 0 atom stereocenters. The van der Waals surface area contributed by atoms with E-state index in [0.29, 0.717) is 42.9 Å². The predicted octanol–water partition coefficient (Wildman–Crippen LogP) is 1.90. The Morgan fingerprint density at radius 2 is 1.80 bits per heavy atom. The number of anilines is 1. The summed E-state index contributed by atoms with van der Waals surface area (Å²) in [4.78, 5) is 25.4. The second-order valence-electron chi connectivity index (χ2n) is 7.24. The molecule has 1 fully saturated rings. The van der Waals surface area contributed by atoms with Crippen molar-refractivity contribution in [2.75, 3.05) is 24.4 Å². The fraction of sp³-hybridized carbons (Fsp3) is 0.333. The van der Waals surface area contributed by atoms with Gasteiger partial charge in [0.25, 0.3) is 15.9 Å². The average molecular weight is 432 g/mol. The number of carbonyl (C=O) groups excluding carboxylic acids is 2. The van der Waals surface area contributed by atoms with E-state index in [-0.39, 0.29) is 29.2 Å². The predicted molar refractivity (Wildman–Crippen MR) is 112 cm³/mol. The van der Waals surface area contributed by atoms with Crippen molar-refractivity contribution in [3.05, 3.63) is 54.1 Å². The monoisotopic (exact) mass is 431 g/mol. The Kier molecular flexibility index (Phi) is 6.61. The average Bonchev–Trinajstić information content (AvgIpc) is 2.73. The number of rotatable bonds is 7. The topological polar surface area (TPSA) is 119 Å². The number of piperidine rings is 1. The fourth-order valence-corrected chi connectivity index (χ4v) is 4.46. The van der Waals surface area contributed by atoms with Gasteiger partial charge in [0.2, 0.25) is 5.91 Å². The first-order chi connectivity index (χ1) is 14.3. The summed E-state index contributed by atoms with van der Waals surface area (Å²) < 4.78 is 33.3. The minimum absolute atomic E-state index is 0.107. The Hall–Kier alpha value is -3.07. The number of sulfonamides is 1. The molecule has 1 aliphatic rings. The smallest absolute Gasteiger partial charge is 0.261 e. The van der Waals surface area contributed by atoms with Crippen molar-refractivity contribution >= 4 is 27.5 Å². The number of hydrogen-bond acceptors (Lipinski definition) is 5. The summed E-state index contributed by atoms with van der Waals surface area (Å²) in [7, 11) is -3.73. The molecule has 1 heterocycles. The zero-order valence-electron chi connectivity index (χ0n) is 16.7. The van der Waals surface area contributed by atoms with Crippen LogP contribution in [-0.4, -0.2) is 44.8 Å². The fourth-order valence-electron chi connectivity index (χ4n) is 3.32. The van der Waals surface area contributed by atoms with Crippen molar-refractivity contribution in [2.45, 2.75) is 24.7 Å². The van der Waals surface area contributed by atoms with Crippen molar-refractivity contribution in [3.63, 3.8) is 0 Å². The lowest BCUT2D eigenvalue weighted by molar-refractivity contribution is -0.136. The van der Waals surface area contributed by atoms with Crippen LogP contribution in [0.25, 0.3) is 0 Å². The first-order valence-electron chi connectivity index (χ1n) is 9.64. The van der Waals surface area contributed by atoms with E-state index in [9.17, 15) is 18.0 Å². The molecule has 0 bridgehead atoms. The Balaban J connectivity index is 1.59. The van der Waals surface area contributed by atoms with Crippen molar-refractivity contribution < 1.29 is 22.7 Å². The van der Waals surface area contributed by atoms with E-state index in [1.807, 2.05) is 0 Å². The van der Waals surface area contributed by atoms with Gasteiger partial charge in [-0.3, -0.25) is 14.3 Å². The van der Waals surface area contributed by atoms with E-state index in [4.69, 9.17) is 10.5 Å². The Labute approximate surface area is 176 Å². The van der Waals surface area contributed by atoms with Gasteiger partial charge in [0.1, 0.15) is 5.75 Å². The van der Waals surface area contributed by atoms with Gasteiger partial charge in [0, 0.05) is 24.7 Å². The highest BCUT2D eigenvalue weighted by atomic mass is 32.2. The van der Waals surface area contributed by atoms with Crippen LogP contribution in [0.15, 0.2) is 53.4 Å². The highest BCUT2D eigenvalue weighted by Crippen LogP contribution is 2.24. The van der Waals surface area contributed by atoms with Gasteiger partial charge >= 0.3 is 0 Å². The van der Waals surface area contributed by atoms with Crippen LogP contribution in [0.1, 0.15) is 18.4 Å². The van der Waals surface area contributed by atoms with Gasteiger partial charge in [0.05, 0.1) is 4.90 Å². The van der Waals surface area contributed by atoms with Crippen LogP contribution in [0.5, 0.6) is 5.75 Å². The van der Waals surface area contributed by atoms with Gasteiger partial charge in [0.15, 0.2) is 6.61 Å². The summed E-state index contributed by atoms with van der Waals surface area (Å²) in [5, 5.41) is 0.